The van der Waals surface area contributed by atoms with Gasteiger partial charge in [-0.2, -0.15) is 0 Å². The molecule has 1 saturated carbocycles. The fourth-order valence-corrected chi connectivity index (χ4v) is 1.49. The van der Waals surface area contributed by atoms with Crippen LogP contribution in [0, 0.1) is 0 Å². The van der Waals surface area contributed by atoms with Crippen LogP contribution in [-0.4, -0.2) is 24.1 Å². The molecule has 0 saturated heterocycles. The molecular formula is C11H15N3O. The van der Waals surface area contributed by atoms with Gasteiger partial charge < -0.3 is 5.32 Å². The van der Waals surface area contributed by atoms with E-state index in [1.165, 1.54) is 6.42 Å². The van der Waals surface area contributed by atoms with Crippen molar-refractivity contribution >= 4 is 11.7 Å². The molecule has 0 radical (unpaired) electrons. The molecule has 0 aliphatic heterocycles. The summed E-state index contributed by atoms with van der Waals surface area (Å²) in [6.07, 6.45) is 6.81. The van der Waals surface area contributed by atoms with Gasteiger partial charge in [-0.25, -0.2) is 4.79 Å². The molecule has 0 spiro atoms. The number of hydrogen-bond acceptors (Lipinski definition) is 2. The SMILES string of the molecule is CN(C(=O)NC1CCC1)c1cccnc1. The summed E-state index contributed by atoms with van der Waals surface area (Å²) in [5.41, 5.74) is 0.814. The van der Waals surface area contributed by atoms with Crippen LogP contribution >= 0.6 is 0 Å². The van der Waals surface area contributed by atoms with Crippen LogP contribution in [0.2, 0.25) is 0 Å². The molecule has 1 N–H and O–H groups in total. The van der Waals surface area contributed by atoms with Crippen molar-refractivity contribution in [1.29, 1.82) is 0 Å². The maximum absolute atomic E-state index is 11.7. The maximum Gasteiger partial charge on any atom is 0.321 e. The zero-order chi connectivity index (χ0) is 10.7. The van der Waals surface area contributed by atoms with Gasteiger partial charge in [-0.05, 0) is 31.4 Å². The van der Waals surface area contributed by atoms with Crippen LogP contribution in [0.15, 0.2) is 24.5 Å². The fraction of sp³-hybridized carbons (Fsp3) is 0.455. The highest BCUT2D eigenvalue weighted by atomic mass is 16.2. The molecule has 2 amide bonds. The number of anilines is 1. The van der Waals surface area contributed by atoms with E-state index in [0.29, 0.717) is 6.04 Å². The van der Waals surface area contributed by atoms with Gasteiger partial charge >= 0.3 is 6.03 Å². The molecule has 15 heavy (non-hydrogen) atoms. The number of carbonyl (C=O) groups excluding carboxylic acids is 1. The smallest absolute Gasteiger partial charge is 0.321 e. The largest absolute Gasteiger partial charge is 0.335 e. The van der Waals surface area contributed by atoms with Crippen molar-refractivity contribution < 1.29 is 4.79 Å². The minimum absolute atomic E-state index is 0.0484. The summed E-state index contributed by atoms with van der Waals surface area (Å²) in [5.74, 6) is 0. The second-order valence-electron chi connectivity index (χ2n) is 3.85. The first kappa shape index (κ1) is 9.96. The van der Waals surface area contributed by atoms with Crippen molar-refractivity contribution in [1.82, 2.24) is 10.3 Å². The van der Waals surface area contributed by atoms with E-state index in [0.717, 1.165) is 18.5 Å². The molecule has 1 aromatic heterocycles. The molecule has 1 heterocycles. The average Bonchev–Trinajstić information content (AvgIpc) is 2.23. The van der Waals surface area contributed by atoms with Crippen molar-refractivity contribution in [2.24, 2.45) is 0 Å². The van der Waals surface area contributed by atoms with Crippen molar-refractivity contribution in [3.8, 4) is 0 Å². The van der Waals surface area contributed by atoms with Gasteiger partial charge in [-0.15, -0.1) is 0 Å². The number of amides is 2. The van der Waals surface area contributed by atoms with Crippen molar-refractivity contribution in [2.75, 3.05) is 11.9 Å². The van der Waals surface area contributed by atoms with Crippen LogP contribution < -0.4 is 10.2 Å². The van der Waals surface area contributed by atoms with Gasteiger partial charge in [0.25, 0.3) is 0 Å². The van der Waals surface area contributed by atoms with Crippen LogP contribution in [0.4, 0.5) is 10.5 Å². The van der Waals surface area contributed by atoms with E-state index in [9.17, 15) is 4.79 Å². The first-order chi connectivity index (χ1) is 7.27. The Morgan fingerprint density at radius 3 is 2.93 bits per heavy atom. The maximum atomic E-state index is 11.7. The van der Waals surface area contributed by atoms with Gasteiger partial charge in [-0.3, -0.25) is 9.88 Å². The van der Waals surface area contributed by atoms with E-state index in [-0.39, 0.29) is 6.03 Å². The predicted molar refractivity (Wildman–Crippen MR) is 58.8 cm³/mol. The lowest BCUT2D eigenvalue weighted by molar-refractivity contribution is 0.235. The second-order valence-corrected chi connectivity index (χ2v) is 3.85. The van der Waals surface area contributed by atoms with E-state index >= 15 is 0 Å². The summed E-state index contributed by atoms with van der Waals surface area (Å²) in [5, 5.41) is 2.97. The number of nitrogens with zero attached hydrogens (tertiary/aromatic N) is 2. The van der Waals surface area contributed by atoms with Crippen molar-refractivity contribution in [2.45, 2.75) is 25.3 Å². The van der Waals surface area contributed by atoms with Crippen LogP contribution in [-0.2, 0) is 0 Å². The van der Waals surface area contributed by atoms with E-state index in [2.05, 4.69) is 10.3 Å². The van der Waals surface area contributed by atoms with Crippen molar-refractivity contribution in [3.63, 3.8) is 0 Å². The lowest BCUT2D eigenvalue weighted by Crippen LogP contribution is -2.46. The summed E-state index contributed by atoms with van der Waals surface area (Å²) in [6.45, 7) is 0. The van der Waals surface area contributed by atoms with E-state index in [4.69, 9.17) is 0 Å². The topological polar surface area (TPSA) is 45.2 Å². The van der Waals surface area contributed by atoms with E-state index in [1.54, 1.807) is 24.3 Å². The van der Waals surface area contributed by atoms with E-state index < -0.39 is 0 Å². The van der Waals surface area contributed by atoms with Crippen molar-refractivity contribution in [3.05, 3.63) is 24.5 Å². The summed E-state index contributed by atoms with van der Waals surface area (Å²) in [7, 11) is 1.75. The summed E-state index contributed by atoms with van der Waals surface area (Å²) in [6, 6.07) is 4.01. The molecular weight excluding hydrogens is 190 g/mol. The Kier molecular flexibility index (Phi) is 2.85. The molecule has 0 bridgehead atoms. The number of pyridine rings is 1. The molecule has 0 atom stereocenters. The monoisotopic (exact) mass is 205 g/mol. The lowest BCUT2D eigenvalue weighted by Gasteiger charge is -2.28. The molecule has 0 aromatic carbocycles. The second kappa shape index (κ2) is 4.29. The van der Waals surface area contributed by atoms with Gasteiger partial charge in [0, 0.05) is 19.3 Å². The van der Waals surface area contributed by atoms with Gasteiger partial charge in [0.15, 0.2) is 0 Å². The summed E-state index contributed by atoms with van der Waals surface area (Å²) >= 11 is 0. The van der Waals surface area contributed by atoms with Gasteiger partial charge in [0.1, 0.15) is 0 Å². The first-order valence-corrected chi connectivity index (χ1v) is 5.21. The zero-order valence-corrected chi connectivity index (χ0v) is 8.81. The Morgan fingerprint density at radius 2 is 2.40 bits per heavy atom. The highest BCUT2D eigenvalue weighted by Crippen LogP contribution is 2.19. The lowest BCUT2D eigenvalue weighted by atomic mass is 9.93. The predicted octanol–water partition coefficient (Wildman–Crippen LogP) is 1.78. The Hall–Kier alpha value is -1.58. The number of nitrogens with one attached hydrogen (secondary N) is 1. The summed E-state index contributed by atoms with van der Waals surface area (Å²) < 4.78 is 0. The molecule has 4 nitrogen and oxygen atoms in total. The molecule has 4 heteroatoms. The number of hydrogen-bond donors (Lipinski definition) is 1. The molecule has 1 aromatic rings. The number of aromatic nitrogens is 1. The molecule has 2 rings (SSSR count). The summed E-state index contributed by atoms with van der Waals surface area (Å²) in [4.78, 5) is 17.3. The number of rotatable bonds is 2. The standard InChI is InChI=1S/C11H15N3O/c1-14(10-6-3-7-12-8-10)11(15)13-9-4-2-5-9/h3,6-9H,2,4-5H2,1H3,(H,13,15). The third-order valence-electron chi connectivity index (χ3n) is 2.77. The first-order valence-electron chi connectivity index (χ1n) is 5.21. The number of urea groups is 1. The van der Waals surface area contributed by atoms with Crippen LogP contribution in [0.1, 0.15) is 19.3 Å². The highest BCUT2D eigenvalue weighted by molar-refractivity contribution is 5.91. The normalized spacial score (nSPS) is 15.5. The average molecular weight is 205 g/mol. The third kappa shape index (κ3) is 2.26. The van der Waals surface area contributed by atoms with Crippen LogP contribution in [0.25, 0.3) is 0 Å². The van der Waals surface area contributed by atoms with Gasteiger partial charge in [0.2, 0.25) is 0 Å². The Bertz CT molecular complexity index is 335. The fourth-order valence-electron chi connectivity index (χ4n) is 1.49. The Balaban J connectivity index is 1.94. The number of carbonyl (C=O) groups is 1. The molecule has 1 aliphatic carbocycles. The minimum Gasteiger partial charge on any atom is -0.335 e. The quantitative estimate of drug-likeness (QED) is 0.799. The van der Waals surface area contributed by atoms with E-state index in [1.807, 2.05) is 12.1 Å². The van der Waals surface area contributed by atoms with Gasteiger partial charge in [0.05, 0.1) is 11.9 Å². The van der Waals surface area contributed by atoms with Gasteiger partial charge in [-0.1, -0.05) is 0 Å². The zero-order valence-electron chi connectivity index (χ0n) is 8.81. The highest BCUT2D eigenvalue weighted by Gasteiger charge is 2.21. The van der Waals surface area contributed by atoms with Crippen LogP contribution in [0.5, 0.6) is 0 Å². The third-order valence-corrected chi connectivity index (χ3v) is 2.77. The Labute approximate surface area is 89.3 Å². The Morgan fingerprint density at radius 1 is 1.60 bits per heavy atom. The molecule has 1 aliphatic rings. The molecule has 0 unspecified atom stereocenters. The van der Waals surface area contributed by atoms with Crippen LogP contribution in [0.3, 0.4) is 0 Å². The molecule has 1 fully saturated rings. The minimum atomic E-state index is -0.0484. The molecule has 80 valence electrons.